The molecule has 3 aromatic rings. The molecule has 30 heavy (non-hydrogen) atoms. The van der Waals surface area contributed by atoms with E-state index in [4.69, 9.17) is 16.0 Å². The zero-order chi connectivity index (χ0) is 21.1. The molecule has 4 rings (SSSR count). The molecule has 1 aliphatic heterocycles. The van der Waals surface area contributed by atoms with Crippen molar-refractivity contribution in [1.82, 2.24) is 15.1 Å². The highest BCUT2D eigenvalue weighted by molar-refractivity contribution is 8.00. The first kappa shape index (κ1) is 20.6. The number of nitrogens with zero attached hydrogens (tertiary/aromatic N) is 3. The van der Waals surface area contributed by atoms with Crippen molar-refractivity contribution in [1.29, 1.82) is 0 Å². The molecule has 0 unspecified atom stereocenters. The molecule has 0 radical (unpaired) electrons. The number of thioether (sulfide) groups is 1. The van der Waals surface area contributed by atoms with Crippen LogP contribution in [-0.4, -0.2) is 38.7 Å². The number of carbonyl (C=O) groups excluding carboxylic acids is 2. The van der Waals surface area contributed by atoms with Gasteiger partial charge in [0, 0.05) is 22.7 Å². The number of imide groups is 1. The van der Waals surface area contributed by atoms with Crippen LogP contribution in [-0.2, 0) is 4.79 Å². The van der Waals surface area contributed by atoms with Crippen molar-refractivity contribution in [2.75, 3.05) is 6.54 Å². The van der Waals surface area contributed by atoms with Gasteiger partial charge in [-0.15, -0.1) is 10.2 Å². The van der Waals surface area contributed by atoms with Crippen LogP contribution in [0.4, 0.5) is 0 Å². The number of hydrogen-bond donors (Lipinski definition) is 0. The molecule has 2 amide bonds. The van der Waals surface area contributed by atoms with E-state index < -0.39 is 5.25 Å². The highest BCUT2D eigenvalue weighted by Crippen LogP contribution is 2.32. The van der Waals surface area contributed by atoms with Gasteiger partial charge < -0.3 is 4.42 Å². The minimum absolute atomic E-state index is 0.229. The molecule has 1 atom stereocenters. The molecule has 1 aromatic heterocycles. The Morgan fingerprint density at radius 3 is 2.73 bits per heavy atom. The van der Waals surface area contributed by atoms with E-state index >= 15 is 0 Å². The van der Waals surface area contributed by atoms with Crippen LogP contribution in [0, 0.1) is 6.92 Å². The standard InChI is InChI=1S/C22H20ClN3O3S/c1-14-5-4-6-16(13-14)19-24-25-22(29-19)30-18-7-2-3-12-26(21(18)28)20(27)15-8-10-17(23)11-9-15/h4-6,8-11,13,18H,2-3,7,12H2,1H3/t18-/m1/s1. The Balaban J connectivity index is 1.50. The summed E-state index contributed by atoms with van der Waals surface area (Å²) in [5, 5.41) is 8.62. The Kier molecular flexibility index (Phi) is 6.20. The number of hydrogen-bond acceptors (Lipinski definition) is 6. The molecule has 2 aromatic carbocycles. The van der Waals surface area contributed by atoms with E-state index in [-0.39, 0.29) is 11.8 Å². The average molecular weight is 442 g/mol. The topological polar surface area (TPSA) is 76.3 Å². The Hall–Kier alpha value is -2.64. The van der Waals surface area contributed by atoms with Crippen molar-refractivity contribution in [3.63, 3.8) is 0 Å². The minimum Gasteiger partial charge on any atom is -0.411 e. The van der Waals surface area contributed by atoms with E-state index in [0.717, 1.165) is 24.0 Å². The Morgan fingerprint density at radius 2 is 1.97 bits per heavy atom. The molecule has 6 nitrogen and oxygen atoms in total. The van der Waals surface area contributed by atoms with Gasteiger partial charge in [0.2, 0.25) is 11.8 Å². The van der Waals surface area contributed by atoms with Gasteiger partial charge in [-0.1, -0.05) is 47.5 Å². The first-order valence-corrected chi connectivity index (χ1v) is 11.0. The molecule has 0 aliphatic carbocycles. The number of likely N-dealkylation sites (tertiary alicyclic amines) is 1. The van der Waals surface area contributed by atoms with Crippen LogP contribution in [0.3, 0.4) is 0 Å². The smallest absolute Gasteiger partial charge is 0.277 e. The van der Waals surface area contributed by atoms with Crippen molar-refractivity contribution in [3.05, 3.63) is 64.7 Å². The fourth-order valence-corrected chi connectivity index (χ4v) is 4.44. The van der Waals surface area contributed by atoms with Gasteiger partial charge in [0.15, 0.2) is 0 Å². The van der Waals surface area contributed by atoms with Gasteiger partial charge in [0.25, 0.3) is 11.1 Å². The second kappa shape index (κ2) is 9.02. The molecule has 0 bridgehead atoms. The number of benzene rings is 2. The van der Waals surface area contributed by atoms with Gasteiger partial charge in [0.1, 0.15) is 0 Å². The fourth-order valence-electron chi connectivity index (χ4n) is 3.34. The van der Waals surface area contributed by atoms with Crippen LogP contribution in [0.15, 0.2) is 58.2 Å². The van der Waals surface area contributed by atoms with Gasteiger partial charge in [-0.2, -0.15) is 0 Å². The number of aromatic nitrogens is 2. The van der Waals surface area contributed by atoms with E-state index in [9.17, 15) is 9.59 Å². The van der Waals surface area contributed by atoms with Crippen LogP contribution < -0.4 is 0 Å². The van der Waals surface area contributed by atoms with Crippen LogP contribution in [0.1, 0.15) is 35.2 Å². The maximum absolute atomic E-state index is 13.1. The summed E-state index contributed by atoms with van der Waals surface area (Å²) in [5.41, 5.74) is 2.37. The third-order valence-electron chi connectivity index (χ3n) is 4.89. The zero-order valence-electron chi connectivity index (χ0n) is 16.4. The first-order valence-electron chi connectivity index (χ1n) is 9.70. The van der Waals surface area contributed by atoms with Crippen LogP contribution in [0.25, 0.3) is 11.5 Å². The zero-order valence-corrected chi connectivity index (χ0v) is 17.9. The summed E-state index contributed by atoms with van der Waals surface area (Å²) in [5.74, 6) is -0.126. The van der Waals surface area contributed by atoms with Crippen LogP contribution >= 0.6 is 23.4 Å². The molecular formula is C22H20ClN3O3S. The van der Waals surface area contributed by atoms with E-state index in [0.29, 0.717) is 34.7 Å². The Bertz CT molecular complexity index is 1070. The minimum atomic E-state index is -0.449. The summed E-state index contributed by atoms with van der Waals surface area (Å²) < 4.78 is 5.78. The van der Waals surface area contributed by atoms with Crippen LogP contribution in [0.5, 0.6) is 0 Å². The van der Waals surface area contributed by atoms with Gasteiger partial charge in [-0.05, 0) is 56.2 Å². The lowest BCUT2D eigenvalue weighted by Crippen LogP contribution is -2.41. The van der Waals surface area contributed by atoms with E-state index in [2.05, 4.69) is 10.2 Å². The summed E-state index contributed by atoms with van der Waals surface area (Å²) in [6.07, 6.45) is 2.25. The van der Waals surface area contributed by atoms with E-state index in [1.807, 2.05) is 31.2 Å². The maximum atomic E-state index is 13.1. The predicted octanol–water partition coefficient (Wildman–Crippen LogP) is 5.01. The molecule has 1 aliphatic rings. The summed E-state index contributed by atoms with van der Waals surface area (Å²) in [4.78, 5) is 27.3. The number of halogens is 1. The van der Waals surface area contributed by atoms with Crippen molar-refractivity contribution in [3.8, 4) is 11.5 Å². The number of rotatable bonds is 4. The fraction of sp³-hybridized carbons (Fsp3) is 0.273. The van der Waals surface area contributed by atoms with Crippen molar-refractivity contribution < 1.29 is 14.0 Å². The van der Waals surface area contributed by atoms with Gasteiger partial charge in [-0.3, -0.25) is 14.5 Å². The third kappa shape index (κ3) is 4.57. The maximum Gasteiger partial charge on any atom is 0.277 e. The normalized spacial score (nSPS) is 17.1. The van der Waals surface area contributed by atoms with Crippen LogP contribution in [0.2, 0.25) is 5.02 Å². The summed E-state index contributed by atoms with van der Waals surface area (Å²) >= 11 is 7.13. The monoisotopic (exact) mass is 441 g/mol. The Morgan fingerprint density at radius 1 is 1.17 bits per heavy atom. The Labute approximate surface area is 183 Å². The molecule has 8 heteroatoms. The third-order valence-corrected chi connectivity index (χ3v) is 6.23. The van der Waals surface area contributed by atoms with Gasteiger partial charge in [0.05, 0.1) is 5.25 Å². The van der Waals surface area contributed by atoms with Crippen molar-refractivity contribution >= 4 is 35.2 Å². The lowest BCUT2D eigenvalue weighted by molar-refractivity contribution is -0.127. The molecule has 1 fully saturated rings. The highest BCUT2D eigenvalue weighted by atomic mass is 35.5. The first-order chi connectivity index (χ1) is 14.5. The van der Waals surface area contributed by atoms with Crippen molar-refractivity contribution in [2.45, 2.75) is 36.7 Å². The summed E-state index contributed by atoms with van der Waals surface area (Å²) in [6, 6.07) is 14.4. The SMILES string of the molecule is Cc1cccc(-c2nnc(S[C@@H]3CCCCN(C(=O)c4ccc(Cl)cc4)C3=O)o2)c1. The molecule has 0 N–H and O–H groups in total. The molecule has 154 valence electrons. The average Bonchev–Trinajstić information content (AvgIpc) is 3.13. The number of aryl methyl sites for hydroxylation is 1. The predicted molar refractivity (Wildman–Crippen MR) is 115 cm³/mol. The second-order valence-electron chi connectivity index (χ2n) is 7.15. The van der Waals surface area contributed by atoms with E-state index in [1.165, 1.54) is 16.7 Å². The lowest BCUT2D eigenvalue weighted by atomic mass is 10.1. The second-order valence-corrected chi connectivity index (χ2v) is 8.74. The molecule has 0 spiro atoms. The molecule has 0 saturated carbocycles. The highest BCUT2D eigenvalue weighted by Gasteiger charge is 2.33. The largest absolute Gasteiger partial charge is 0.411 e. The quantitative estimate of drug-likeness (QED) is 0.529. The van der Waals surface area contributed by atoms with E-state index in [1.54, 1.807) is 24.3 Å². The summed E-state index contributed by atoms with van der Waals surface area (Å²) in [7, 11) is 0. The van der Waals surface area contributed by atoms with Gasteiger partial charge >= 0.3 is 0 Å². The lowest BCUT2D eigenvalue weighted by Gasteiger charge is -2.21. The van der Waals surface area contributed by atoms with Gasteiger partial charge in [-0.25, -0.2) is 0 Å². The molecule has 1 saturated heterocycles. The summed E-state index contributed by atoms with van der Waals surface area (Å²) in [6.45, 7) is 2.39. The molecular weight excluding hydrogens is 422 g/mol. The molecule has 2 heterocycles. The number of amides is 2. The van der Waals surface area contributed by atoms with Crippen molar-refractivity contribution in [2.24, 2.45) is 0 Å². The number of carbonyl (C=O) groups is 2.